The van der Waals surface area contributed by atoms with Gasteiger partial charge in [0.25, 0.3) is 5.91 Å². The second kappa shape index (κ2) is 9.62. The summed E-state index contributed by atoms with van der Waals surface area (Å²) in [7, 11) is -4.07. The van der Waals surface area contributed by atoms with E-state index in [1.54, 1.807) is 23.1 Å². The van der Waals surface area contributed by atoms with Crippen LogP contribution in [0, 0.1) is 5.82 Å². The van der Waals surface area contributed by atoms with E-state index in [0.29, 0.717) is 12.1 Å². The Hall–Kier alpha value is -2.71. The monoisotopic (exact) mass is 505 g/mol. The molecule has 3 rings (SSSR count). The Kier molecular flexibility index (Phi) is 7.12. The van der Waals surface area contributed by atoms with E-state index in [-0.39, 0.29) is 22.6 Å². The highest BCUT2D eigenvalue weighted by Crippen LogP contribution is 2.23. The highest BCUT2D eigenvalue weighted by Gasteiger charge is 2.21. The van der Waals surface area contributed by atoms with Gasteiger partial charge < -0.3 is 9.08 Å². The number of carbonyl (C=O) groups excluding carboxylic acids is 1. The van der Waals surface area contributed by atoms with Crippen LogP contribution in [0.4, 0.5) is 4.39 Å². The average Bonchev–Trinajstić information content (AvgIpc) is 2.73. The van der Waals surface area contributed by atoms with Gasteiger partial charge in [0.05, 0.1) is 5.56 Å². The van der Waals surface area contributed by atoms with E-state index < -0.39 is 15.9 Å². The molecule has 0 aliphatic carbocycles. The van der Waals surface area contributed by atoms with Crippen molar-refractivity contribution in [3.63, 3.8) is 0 Å². The molecule has 0 spiro atoms. The topological polar surface area (TPSA) is 63.7 Å². The molecule has 0 unspecified atom stereocenters. The van der Waals surface area contributed by atoms with Gasteiger partial charge in [0.1, 0.15) is 16.5 Å². The molecule has 3 aromatic rings. The molecule has 8 heteroatoms. The number of amides is 1. The quantitative estimate of drug-likeness (QED) is 0.403. The van der Waals surface area contributed by atoms with Crippen LogP contribution < -0.4 is 4.18 Å². The third-order valence-electron chi connectivity index (χ3n) is 4.57. The molecule has 0 saturated heterocycles. The Balaban J connectivity index is 1.75. The van der Waals surface area contributed by atoms with E-state index in [1.807, 2.05) is 32.0 Å². The van der Waals surface area contributed by atoms with Crippen molar-refractivity contribution < 1.29 is 21.8 Å². The fourth-order valence-electron chi connectivity index (χ4n) is 2.90. The number of benzene rings is 3. The standard InChI is InChI=1S/C23H21BrFNO4S/c1-16(2)26(23(27)21-5-3-4-6-22(21)24)15-17-7-11-19(12-8-17)30-31(28,29)20-13-9-18(25)10-14-20/h3-14,16H,15H2,1-2H3. The van der Waals surface area contributed by atoms with Gasteiger partial charge in [-0.25, -0.2) is 4.39 Å². The lowest BCUT2D eigenvalue weighted by Gasteiger charge is -2.27. The fourth-order valence-corrected chi connectivity index (χ4v) is 4.29. The number of halogens is 2. The Morgan fingerprint density at radius 3 is 2.19 bits per heavy atom. The maximum atomic E-state index is 13.0. The Bertz CT molecular complexity index is 1160. The van der Waals surface area contributed by atoms with Crippen LogP contribution in [0.1, 0.15) is 29.8 Å². The van der Waals surface area contributed by atoms with Crippen molar-refractivity contribution in [3.8, 4) is 5.75 Å². The van der Waals surface area contributed by atoms with Crippen LogP contribution in [-0.4, -0.2) is 25.3 Å². The van der Waals surface area contributed by atoms with Gasteiger partial charge in [0, 0.05) is 17.1 Å². The van der Waals surface area contributed by atoms with E-state index in [4.69, 9.17) is 4.18 Å². The van der Waals surface area contributed by atoms with E-state index in [1.165, 1.54) is 12.1 Å². The zero-order valence-electron chi connectivity index (χ0n) is 17.0. The Morgan fingerprint density at radius 2 is 1.61 bits per heavy atom. The normalized spacial score (nSPS) is 11.4. The lowest BCUT2D eigenvalue weighted by molar-refractivity contribution is 0.0689. The van der Waals surface area contributed by atoms with Crippen molar-refractivity contribution in [2.75, 3.05) is 0 Å². The summed E-state index contributed by atoms with van der Waals surface area (Å²) in [6.45, 7) is 4.21. The van der Waals surface area contributed by atoms with E-state index >= 15 is 0 Å². The van der Waals surface area contributed by atoms with Gasteiger partial charge >= 0.3 is 10.1 Å². The molecule has 0 N–H and O–H groups in total. The van der Waals surface area contributed by atoms with Crippen molar-refractivity contribution in [1.82, 2.24) is 4.90 Å². The third-order valence-corrected chi connectivity index (χ3v) is 6.53. The first-order valence-corrected chi connectivity index (χ1v) is 11.7. The number of nitrogens with zero attached hydrogens (tertiary/aromatic N) is 1. The summed E-state index contributed by atoms with van der Waals surface area (Å²) in [4.78, 5) is 14.6. The van der Waals surface area contributed by atoms with Crippen molar-refractivity contribution >= 4 is 32.0 Å². The fraction of sp³-hybridized carbons (Fsp3) is 0.174. The van der Waals surface area contributed by atoms with Crippen LogP contribution in [0.25, 0.3) is 0 Å². The molecule has 1 amide bonds. The molecule has 0 aliphatic rings. The zero-order valence-corrected chi connectivity index (χ0v) is 19.4. The molecule has 0 aromatic heterocycles. The summed E-state index contributed by atoms with van der Waals surface area (Å²) >= 11 is 3.42. The summed E-state index contributed by atoms with van der Waals surface area (Å²) in [6, 6.07) is 18.1. The molecule has 31 heavy (non-hydrogen) atoms. The minimum Gasteiger partial charge on any atom is -0.379 e. The van der Waals surface area contributed by atoms with Gasteiger partial charge in [-0.2, -0.15) is 8.42 Å². The van der Waals surface area contributed by atoms with Gasteiger partial charge in [-0.15, -0.1) is 0 Å². The van der Waals surface area contributed by atoms with Crippen LogP contribution in [-0.2, 0) is 16.7 Å². The van der Waals surface area contributed by atoms with E-state index in [0.717, 1.165) is 34.3 Å². The lowest BCUT2D eigenvalue weighted by atomic mass is 10.1. The second-order valence-corrected chi connectivity index (χ2v) is 9.54. The summed E-state index contributed by atoms with van der Waals surface area (Å²) < 4.78 is 43.6. The molecular weight excluding hydrogens is 485 g/mol. The molecule has 5 nitrogen and oxygen atoms in total. The van der Waals surface area contributed by atoms with Crippen LogP contribution >= 0.6 is 15.9 Å². The molecule has 0 radical (unpaired) electrons. The molecular formula is C23H21BrFNO4S. The molecule has 0 atom stereocenters. The van der Waals surface area contributed by atoms with Crippen LogP contribution in [0.15, 0.2) is 82.2 Å². The van der Waals surface area contributed by atoms with Gasteiger partial charge in [-0.3, -0.25) is 4.79 Å². The lowest BCUT2D eigenvalue weighted by Crippen LogP contribution is -2.36. The van der Waals surface area contributed by atoms with Crippen molar-refractivity contribution in [2.24, 2.45) is 0 Å². The molecule has 0 heterocycles. The molecule has 0 fully saturated rings. The van der Waals surface area contributed by atoms with Crippen molar-refractivity contribution in [3.05, 3.63) is 94.2 Å². The maximum absolute atomic E-state index is 13.0. The first-order chi connectivity index (χ1) is 14.7. The first kappa shape index (κ1) is 23.0. The largest absolute Gasteiger partial charge is 0.379 e. The Morgan fingerprint density at radius 1 is 1.00 bits per heavy atom. The smallest absolute Gasteiger partial charge is 0.339 e. The summed E-state index contributed by atoms with van der Waals surface area (Å²) in [5.74, 6) is -0.516. The van der Waals surface area contributed by atoms with Crippen LogP contribution in [0.5, 0.6) is 5.75 Å². The highest BCUT2D eigenvalue weighted by molar-refractivity contribution is 9.10. The molecule has 0 aliphatic heterocycles. The van der Waals surface area contributed by atoms with Gasteiger partial charge in [0.15, 0.2) is 0 Å². The second-order valence-electron chi connectivity index (χ2n) is 7.14. The van der Waals surface area contributed by atoms with Crippen LogP contribution in [0.3, 0.4) is 0 Å². The Labute approximate surface area is 189 Å². The average molecular weight is 506 g/mol. The molecule has 3 aromatic carbocycles. The predicted molar refractivity (Wildman–Crippen MR) is 120 cm³/mol. The SMILES string of the molecule is CC(C)N(Cc1ccc(OS(=O)(=O)c2ccc(F)cc2)cc1)C(=O)c1ccccc1Br. The molecule has 0 bridgehead atoms. The summed E-state index contributed by atoms with van der Waals surface area (Å²) in [6.07, 6.45) is 0. The molecule has 0 saturated carbocycles. The first-order valence-electron chi connectivity index (χ1n) is 9.52. The van der Waals surface area contributed by atoms with Gasteiger partial charge in [0.2, 0.25) is 0 Å². The zero-order chi connectivity index (χ0) is 22.6. The van der Waals surface area contributed by atoms with E-state index in [2.05, 4.69) is 15.9 Å². The van der Waals surface area contributed by atoms with Gasteiger partial charge in [-0.1, -0.05) is 24.3 Å². The number of hydrogen-bond acceptors (Lipinski definition) is 4. The predicted octanol–water partition coefficient (Wildman–Crippen LogP) is 5.41. The number of hydrogen-bond donors (Lipinski definition) is 0. The number of carbonyl (C=O) groups is 1. The van der Waals surface area contributed by atoms with E-state index in [9.17, 15) is 17.6 Å². The third kappa shape index (κ3) is 5.71. The van der Waals surface area contributed by atoms with Crippen LogP contribution in [0.2, 0.25) is 0 Å². The van der Waals surface area contributed by atoms with Crippen molar-refractivity contribution in [2.45, 2.75) is 31.3 Å². The van der Waals surface area contributed by atoms with Gasteiger partial charge in [-0.05, 0) is 83.9 Å². The summed E-state index contributed by atoms with van der Waals surface area (Å²) in [5.41, 5.74) is 1.39. The van der Waals surface area contributed by atoms with Crippen molar-refractivity contribution in [1.29, 1.82) is 0 Å². The molecule has 162 valence electrons. The minimum absolute atomic E-state index is 0.0469. The number of rotatable bonds is 7. The highest BCUT2D eigenvalue weighted by atomic mass is 79.9. The summed E-state index contributed by atoms with van der Waals surface area (Å²) in [5, 5.41) is 0. The minimum atomic E-state index is -4.07. The maximum Gasteiger partial charge on any atom is 0.339 e.